The normalized spacial score (nSPS) is 13.5. The molecule has 1 aromatic rings. The summed E-state index contributed by atoms with van der Waals surface area (Å²) in [5.41, 5.74) is -1.41. The van der Waals surface area contributed by atoms with E-state index in [0.717, 1.165) is 13.8 Å². The van der Waals surface area contributed by atoms with Crippen molar-refractivity contribution in [2.75, 3.05) is 5.32 Å². The average molecular weight is 317 g/mol. The number of carboxylic acid groups (broad SMARTS) is 1. The van der Waals surface area contributed by atoms with Crippen molar-refractivity contribution < 1.29 is 27.9 Å². The molecule has 7 heteroatoms. The highest BCUT2D eigenvalue weighted by molar-refractivity contribution is 5.91. The molecule has 0 aromatic heterocycles. The predicted octanol–water partition coefficient (Wildman–Crippen LogP) is 3.79. The molecule has 0 aliphatic carbocycles. The van der Waals surface area contributed by atoms with E-state index < -0.39 is 35.8 Å². The number of rotatable bonds is 5. The molecule has 1 amide bonds. The van der Waals surface area contributed by atoms with Crippen LogP contribution in [0.5, 0.6) is 0 Å². The van der Waals surface area contributed by atoms with Gasteiger partial charge in [0.2, 0.25) is 5.91 Å². The van der Waals surface area contributed by atoms with Crippen LogP contribution in [0.2, 0.25) is 0 Å². The summed E-state index contributed by atoms with van der Waals surface area (Å²) in [6, 6.07) is 6.06. The van der Waals surface area contributed by atoms with Crippen molar-refractivity contribution >= 4 is 17.6 Å². The molecule has 2 N–H and O–H groups in total. The van der Waals surface area contributed by atoms with Gasteiger partial charge >= 0.3 is 12.1 Å². The number of benzene rings is 1. The molecular formula is C15H18F3NO3. The van der Waals surface area contributed by atoms with E-state index in [1.807, 2.05) is 0 Å². The fourth-order valence-electron chi connectivity index (χ4n) is 1.74. The molecule has 0 bridgehead atoms. The molecule has 1 atom stereocenters. The number of carboxylic acids is 1. The molecule has 122 valence electrons. The highest BCUT2D eigenvalue weighted by atomic mass is 19.4. The third-order valence-electron chi connectivity index (χ3n) is 3.41. The Kier molecular flexibility index (Phi) is 5.22. The molecule has 0 saturated carbocycles. The van der Waals surface area contributed by atoms with Crippen molar-refractivity contribution in [1.29, 1.82) is 0 Å². The average Bonchev–Trinajstić information content (AvgIpc) is 2.35. The van der Waals surface area contributed by atoms with E-state index in [1.54, 1.807) is 12.1 Å². The molecule has 4 nitrogen and oxygen atoms in total. The van der Waals surface area contributed by atoms with E-state index in [0.29, 0.717) is 5.56 Å². The van der Waals surface area contributed by atoms with Gasteiger partial charge in [-0.15, -0.1) is 0 Å². The quantitative estimate of drug-likeness (QED) is 0.868. The van der Waals surface area contributed by atoms with E-state index in [4.69, 9.17) is 5.11 Å². The summed E-state index contributed by atoms with van der Waals surface area (Å²) >= 11 is 0. The summed E-state index contributed by atoms with van der Waals surface area (Å²) in [5, 5.41) is 11.3. The number of hydrogen-bond donors (Lipinski definition) is 2. The zero-order valence-corrected chi connectivity index (χ0v) is 12.5. The molecule has 0 saturated heterocycles. The van der Waals surface area contributed by atoms with Gasteiger partial charge in [0.25, 0.3) is 0 Å². The van der Waals surface area contributed by atoms with Crippen molar-refractivity contribution in [3.63, 3.8) is 0 Å². The molecule has 1 unspecified atom stereocenters. The third-order valence-corrected chi connectivity index (χ3v) is 3.41. The lowest BCUT2D eigenvalue weighted by Gasteiger charge is -2.26. The summed E-state index contributed by atoms with van der Waals surface area (Å²) in [7, 11) is 0. The van der Waals surface area contributed by atoms with Gasteiger partial charge in [-0.05, 0) is 24.6 Å². The Morgan fingerprint density at radius 2 is 1.86 bits per heavy atom. The van der Waals surface area contributed by atoms with E-state index in [9.17, 15) is 22.8 Å². The Labute approximate surface area is 126 Å². The number of anilines is 1. The Morgan fingerprint density at radius 1 is 1.27 bits per heavy atom. The lowest BCUT2D eigenvalue weighted by Crippen LogP contribution is -2.35. The largest absolute Gasteiger partial charge is 0.481 e. The Hall–Kier alpha value is -2.05. The van der Waals surface area contributed by atoms with E-state index in [-0.39, 0.29) is 5.69 Å². The minimum Gasteiger partial charge on any atom is -0.481 e. The molecule has 0 fully saturated rings. The van der Waals surface area contributed by atoms with Gasteiger partial charge in [-0.2, -0.15) is 13.2 Å². The SMILES string of the molecule is CC(C(=O)O)c1cccc(NC(=O)CC(C)(C)C(F)(F)F)c1. The van der Waals surface area contributed by atoms with Crippen molar-refractivity contribution in [3.05, 3.63) is 29.8 Å². The highest BCUT2D eigenvalue weighted by Gasteiger charge is 2.48. The number of aliphatic carboxylic acids is 1. The van der Waals surface area contributed by atoms with Crippen LogP contribution in [0.15, 0.2) is 24.3 Å². The first-order valence-electron chi connectivity index (χ1n) is 6.63. The first-order chi connectivity index (χ1) is 9.94. The summed E-state index contributed by atoms with van der Waals surface area (Å²) in [6.07, 6.45) is -5.20. The fourth-order valence-corrected chi connectivity index (χ4v) is 1.74. The lowest BCUT2D eigenvalue weighted by molar-refractivity contribution is -0.213. The number of nitrogens with one attached hydrogen (secondary N) is 1. The smallest absolute Gasteiger partial charge is 0.394 e. The zero-order chi connectivity index (χ0) is 17.1. The first kappa shape index (κ1) is 18.0. The monoisotopic (exact) mass is 317 g/mol. The van der Waals surface area contributed by atoms with Gasteiger partial charge in [-0.3, -0.25) is 9.59 Å². The topological polar surface area (TPSA) is 66.4 Å². The van der Waals surface area contributed by atoms with Crippen LogP contribution in [0, 0.1) is 5.41 Å². The Bertz CT molecular complexity index is 567. The van der Waals surface area contributed by atoms with E-state index in [1.165, 1.54) is 19.1 Å². The first-order valence-corrected chi connectivity index (χ1v) is 6.63. The molecule has 22 heavy (non-hydrogen) atoms. The van der Waals surface area contributed by atoms with E-state index in [2.05, 4.69) is 5.32 Å². The second-order valence-corrected chi connectivity index (χ2v) is 5.79. The summed E-state index contributed by atoms with van der Waals surface area (Å²) in [6.45, 7) is 3.39. The Morgan fingerprint density at radius 3 is 2.36 bits per heavy atom. The van der Waals surface area contributed by atoms with Crippen LogP contribution < -0.4 is 5.32 Å². The van der Waals surface area contributed by atoms with Gasteiger partial charge in [0.15, 0.2) is 0 Å². The van der Waals surface area contributed by atoms with Gasteiger partial charge < -0.3 is 10.4 Å². The van der Waals surface area contributed by atoms with Gasteiger partial charge in [0, 0.05) is 12.1 Å². The number of carbonyl (C=O) groups is 2. The number of amides is 1. The summed E-state index contributed by atoms with van der Waals surface area (Å²) in [4.78, 5) is 22.7. The van der Waals surface area contributed by atoms with Gasteiger partial charge in [-0.1, -0.05) is 26.0 Å². The second kappa shape index (κ2) is 6.37. The van der Waals surface area contributed by atoms with Crippen LogP contribution in [-0.4, -0.2) is 23.2 Å². The number of halogens is 3. The number of alkyl halides is 3. The number of carbonyl (C=O) groups excluding carboxylic acids is 1. The van der Waals surface area contributed by atoms with Crippen LogP contribution in [0.1, 0.15) is 38.7 Å². The maximum atomic E-state index is 12.7. The minimum absolute atomic E-state index is 0.272. The van der Waals surface area contributed by atoms with Crippen LogP contribution in [0.4, 0.5) is 18.9 Å². The molecule has 0 aliphatic rings. The predicted molar refractivity (Wildman–Crippen MR) is 75.6 cm³/mol. The third kappa shape index (κ3) is 4.47. The van der Waals surface area contributed by atoms with Crippen molar-refractivity contribution in [1.82, 2.24) is 0 Å². The molecule has 0 radical (unpaired) electrons. The van der Waals surface area contributed by atoms with Gasteiger partial charge in [-0.25, -0.2) is 0 Å². The van der Waals surface area contributed by atoms with Gasteiger partial charge in [0.05, 0.1) is 11.3 Å². The Balaban J connectivity index is 2.82. The summed E-state index contributed by atoms with van der Waals surface area (Å²) in [5.74, 6) is -2.58. The van der Waals surface area contributed by atoms with Crippen molar-refractivity contribution in [2.45, 2.75) is 39.3 Å². The molecular weight excluding hydrogens is 299 g/mol. The van der Waals surface area contributed by atoms with Crippen LogP contribution in [0.25, 0.3) is 0 Å². The maximum Gasteiger partial charge on any atom is 0.394 e. The van der Waals surface area contributed by atoms with Gasteiger partial charge in [0.1, 0.15) is 0 Å². The minimum atomic E-state index is -4.48. The molecule has 0 heterocycles. The molecule has 1 aromatic carbocycles. The lowest BCUT2D eigenvalue weighted by atomic mass is 9.88. The zero-order valence-electron chi connectivity index (χ0n) is 12.5. The van der Waals surface area contributed by atoms with Crippen LogP contribution >= 0.6 is 0 Å². The van der Waals surface area contributed by atoms with Crippen LogP contribution in [-0.2, 0) is 9.59 Å². The summed E-state index contributed by atoms with van der Waals surface area (Å²) < 4.78 is 38.2. The van der Waals surface area contributed by atoms with E-state index >= 15 is 0 Å². The number of hydrogen-bond acceptors (Lipinski definition) is 2. The molecule has 0 spiro atoms. The van der Waals surface area contributed by atoms with Crippen molar-refractivity contribution in [3.8, 4) is 0 Å². The maximum absolute atomic E-state index is 12.7. The standard InChI is InChI=1S/C15H18F3NO3/c1-9(13(21)22)10-5-4-6-11(7-10)19-12(20)8-14(2,3)15(16,17)18/h4-7,9H,8H2,1-3H3,(H,19,20)(H,21,22). The molecule has 1 rings (SSSR count). The van der Waals surface area contributed by atoms with Crippen LogP contribution in [0.3, 0.4) is 0 Å². The van der Waals surface area contributed by atoms with Crippen molar-refractivity contribution in [2.24, 2.45) is 5.41 Å². The second-order valence-electron chi connectivity index (χ2n) is 5.79. The molecule has 0 aliphatic heterocycles. The highest BCUT2D eigenvalue weighted by Crippen LogP contribution is 2.40. The fraction of sp³-hybridized carbons (Fsp3) is 0.467.